The highest BCUT2D eigenvalue weighted by Gasteiger charge is 2.43. The van der Waals surface area contributed by atoms with Crippen molar-refractivity contribution in [3.63, 3.8) is 0 Å². The predicted molar refractivity (Wildman–Crippen MR) is 85.9 cm³/mol. The van der Waals surface area contributed by atoms with Crippen molar-refractivity contribution < 1.29 is 0 Å². The van der Waals surface area contributed by atoms with Crippen LogP contribution in [0, 0.1) is 17.3 Å². The molecule has 2 saturated carbocycles. The number of likely N-dealkylation sites (tertiary alicyclic amines) is 1. The van der Waals surface area contributed by atoms with Crippen LogP contribution in [0.2, 0.25) is 0 Å². The van der Waals surface area contributed by atoms with Gasteiger partial charge in [-0.2, -0.15) is 0 Å². The van der Waals surface area contributed by atoms with E-state index in [0.717, 1.165) is 17.9 Å². The van der Waals surface area contributed by atoms with Gasteiger partial charge in [-0.25, -0.2) is 0 Å². The lowest BCUT2D eigenvalue weighted by atomic mass is 9.70. The van der Waals surface area contributed by atoms with Crippen LogP contribution in [-0.2, 0) is 0 Å². The third-order valence-electron chi connectivity index (χ3n) is 6.28. The summed E-state index contributed by atoms with van der Waals surface area (Å²) in [5.41, 5.74) is 0.571. The highest BCUT2D eigenvalue weighted by Crippen LogP contribution is 2.44. The molecule has 3 rings (SSSR count). The van der Waals surface area contributed by atoms with Crippen molar-refractivity contribution in [2.24, 2.45) is 17.3 Å². The van der Waals surface area contributed by atoms with Gasteiger partial charge in [-0.3, -0.25) is 4.90 Å². The molecule has 0 spiro atoms. The topological polar surface area (TPSA) is 15.3 Å². The van der Waals surface area contributed by atoms with E-state index in [2.05, 4.69) is 31.0 Å². The van der Waals surface area contributed by atoms with Crippen molar-refractivity contribution in [2.45, 2.75) is 77.8 Å². The zero-order valence-electron chi connectivity index (χ0n) is 13.8. The molecule has 2 atom stereocenters. The minimum atomic E-state index is 0.571. The Bertz CT molecular complexity index is 317. The van der Waals surface area contributed by atoms with Gasteiger partial charge in [-0.1, -0.05) is 33.6 Å². The van der Waals surface area contributed by atoms with Crippen LogP contribution >= 0.6 is 0 Å². The number of piperidine rings is 1. The summed E-state index contributed by atoms with van der Waals surface area (Å²) in [5, 5.41) is 3.76. The van der Waals surface area contributed by atoms with Crippen molar-refractivity contribution in [3.8, 4) is 0 Å². The van der Waals surface area contributed by atoms with Gasteiger partial charge in [0.25, 0.3) is 0 Å². The van der Waals surface area contributed by atoms with Crippen LogP contribution in [0.25, 0.3) is 0 Å². The number of hydrogen-bond acceptors (Lipinski definition) is 2. The van der Waals surface area contributed by atoms with Crippen LogP contribution in [0.1, 0.15) is 65.7 Å². The van der Waals surface area contributed by atoms with Crippen LogP contribution < -0.4 is 5.32 Å². The van der Waals surface area contributed by atoms with Gasteiger partial charge < -0.3 is 5.32 Å². The highest BCUT2D eigenvalue weighted by atomic mass is 15.2. The van der Waals surface area contributed by atoms with Gasteiger partial charge in [0, 0.05) is 31.7 Å². The average Bonchev–Trinajstić information content (AvgIpc) is 3.02. The second-order valence-electron chi connectivity index (χ2n) is 8.48. The van der Waals surface area contributed by atoms with E-state index >= 15 is 0 Å². The first-order valence-electron chi connectivity index (χ1n) is 9.04. The molecule has 116 valence electrons. The number of nitrogens with zero attached hydrogens (tertiary/aromatic N) is 1. The quantitative estimate of drug-likeness (QED) is 0.825. The zero-order valence-corrected chi connectivity index (χ0v) is 13.8. The first kappa shape index (κ1) is 14.8. The Morgan fingerprint density at radius 3 is 2.45 bits per heavy atom. The Kier molecular flexibility index (Phi) is 4.42. The maximum atomic E-state index is 3.76. The Labute approximate surface area is 125 Å². The summed E-state index contributed by atoms with van der Waals surface area (Å²) in [6, 6.07) is 1.57. The smallest absolute Gasteiger partial charge is 0.00988 e. The lowest BCUT2D eigenvalue weighted by Crippen LogP contribution is -2.49. The third kappa shape index (κ3) is 3.22. The van der Waals surface area contributed by atoms with Crippen LogP contribution in [-0.4, -0.2) is 36.6 Å². The molecular weight excluding hydrogens is 244 g/mol. The molecule has 2 nitrogen and oxygen atoms in total. The molecule has 0 amide bonds. The number of rotatable bonds is 5. The molecule has 1 N–H and O–H groups in total. The van der Waals surface area contributed by atoms with Crippen LogP contribution in [0.4, 0.5) is 0 Å². The molecule has 3 aliphatic rings. The van der Waals surface area contributed by atoms with Crippen molar-refractivity contribution in [2.75, 3.05) is 19.6 Å². The molecule has 20 heavy (non-hydrogen) atoms. The molecule has 2 heteroatoms. The Balaban J connectivity index is 1.62. The summed E-state index contributed by atoms with van der Waals surface area (Å²) < 4.78 is 0. The average molecular weight is 278 g/mol. The molecule has 2 aliphatic carbocycles. The van der Waals surface area contributed by atoms with E-state index in [-0.39, 0.29) is 0 Å². The van der Waals surface area contributed by atoms with E-state index in [4.69, 9.17) is 0 Å². The standard InChI is InChI=1S/C18H34N2/c1-14(2)19-12-18(8-6-15(3)7-9-18)13-20-11-16-4-5-17(20)10-16/h14-17,19H,4-13H2,1-3H3. The summed E-state index contributed by atoms with van der Waals surface area (Å²) >= 11 is 0. The van der Waals surface area contributed by atoms with Crippen molar-refractivity contribution in [1.82, 2.24) is 10.2 Å². The maximum Gasteiger partial charge on any atom is 0.00988 e. The number of hydrogen-bond donors (Lipinski definition) is 1. The second kappa shape index (κ2) is 5.96. The Morgan fingerprint density at radius 1 is 1.15 bits per heavy atom. The molecule has 1 saturated heterocycles. The lowest BCUT2D eigenvalue weighted by Gasteiger charge is -2.44. The summed E-state index contributed by atoms with van der Waals surface area (Å²) in [7, 11) is 0. The fourth-order valence-electron chi connectivity index (χ4n) is 4.84. The summed E-state index contributed by atoms with van der Waals surface area (Å²) in [5.74, 6) is 2.00. The van der Waals surface area contributed by atoms with Crippen molar-refractivity contribution >= 4 is 0 Å². The molecular formula is C18H34N2. The molecule has 1 heterocycles. The van der Waals surface area contributed by atoms with E-state index in [1.807, 2.05) is 0 Å². The van der Waals surface area contributed by atoms with E-state index in [9.17, 15) is 0 Å². The van der Waals surface area contributed by atoms with Gasteiger partial charge in [0.1, 0.15) is 0 Å². The van der Waals surface area contributed by atoms with Crippen molar-refractivity contribution in [1.29, 1.82) is 0 Å². The SMILES string of the molecule is CC1CCC(CNC(C)C)(CN2CC3CCC2C3)CC1. The van der Waals surface area contributed by atoms with Gasteiger partial charge in [0.15, 0.2) is 0 Å². The fraction of sp³-hybridized carbons (Fsp3) is 1.00. The molecule has 0 aromatic rings. The van der Waals surface area contributed by atoms with Crippen molar-refractivity contribution in [3.05, 3.63) is 0 Å². The summed E-state index contributed by atoms with van der Waals surface area (Å²) in [6.07, 6.45) is 10.3. The van der Waals surface area contributed by atoms with Gasteiger partial charge in [0.2, 0.25) is 0 Å². The van der Waals surface area contributed by atoms with E-state index in [1.165, 1.54) is 64.6 Å². The summed E-state index contributed by atoms with van der Waals surface area (Å²) in [6.45, 7) is 11.0. The molecule has 2 unspecified atom stereocenters. The summed E-state index contributed by atoms with van der Waals surface area (Å²) in [4.78, 5) is 2.87. The minimum absolute atomic E-state index is 0.571. The first-order valence-corrected chi connectivity index (χ1v) is 9.04. The fourth-order valence-corrected chi connectivity index (χ4v) is 4.84. The zero-order chi connectivity index (χ0) is 14.2. The van der Waals surface area contributed by atoms with Gasteiger partial charge >= 0.3 is 0 Å². The molecule has 0 aromatic carbocycles. The van der Waals surface area contributed by atoms with Crippen LogP contribution in [0.15, 0.2) is 0 Å². The van der Waals surface area contributed by atoms with Crippen LogP contribution in [0.3, 0.4) is 0 Å². The Hall–Kier alpha value is -0.0800. The van der Waals surface area contributed by atoms with Gasteiger partial charge in [0.05, 0.1) is 0 Å². The molecule has 2 bridgehead atoms. The largest absolute Gasteiger partial charge is 0.314 e. The van der Waals surface area contributed by atoms with E-state index < -0.39 is 0 Å². The minimum Gasteiger partial charge on any atom is -0.314 e. The van der Waals surface area contributed by atoms with Gasteiger partial charge in [-0.15, -0.1) is 0 Å². The normalized spacial score (nSPS) is 41.7. The molecule has 1 aliphatic heterocycles. The van der Waals surface area contributed by atoms with E-state index in [0.29, 0.717) is 11.5 Å². The number of fused-ring (bicyclic) bond motifs is 2. The number of nitrogens with one attached hydrogen (secondary N) is 1. The van der Waals surface area contributed by atoms with Crippen LogP contribution in [0.5, 0.6) is 0 Å². The molecule has 3 fully saturated rings. The maximum absolute atomic E-state index is 3.76. The Morgan fingerprint density at radius 2 is 1.90 bits per heavy atom. The lowest BCUT2D eigenvalue weighted by molar-refractivity contribution is 0.0684. The first-order chi connectivity index (χ1) is 9.56. The molecule has 0 aromatic heterocycles. The third-order valence-corrected chi connectivity index (χ3v) is 6.28. The van der Waals surface area contributed by atoms with Gasteiger partial charge in [-0.05, 0) is 49.4 Å². The molecule has 0 radical (unpaired) electrons. The second-order valence-corrected chi connectivity index (χ2v) is 8.48. The highest BCUT2D eigenvalue weighted by molar-refractivity contribution is 4.97. The predicted octanol–water partition coefficient (Wildman–Crippen LogP) is 3.67. The van der Waals surface area contributed by atoms with E-state index in [1.54, 1.807) is 0 Å². The monoisotopic (exact) mass is 278 g/mol.